The molecule has 0 spiro atoms. The second-order valence-electron chi connectivity index (χ2n) is 22.4. The predicted molar refractivity (Wildman–Crippen MR) is 272 cm³/mol. The van der Waals surface area contributed by atoms with Crippen molar-refractivity contribution in [3.8, 4) is 0 Å². The number of sulfonamides is 1. The van der Waals surface area contributed by atoms with E-state index in [0.717, 1.165) is 42.0 Å². The topological polar surface area (TPSA) is 149 Å². The minimum atomic E-state index is -6.14. The molecule has 22 heteroatoms. The first-order valence-electron chi connectivity index (χ1n) is 25.0. The van der Waals surface area contributed by atoms with E-state index >= 15 is 0 Å². The summed E-state index contributed by atoms with van der Waals surface area (Å²) >= 11 is 1.40. The van der Waals surface area contributed by atoms with Crippen molar-refractivity contribution in [2.45, 2.75) is 118 Å². The first kappa shape index (κ1) is 55.7. The van der Waals surface area contributed by atoms with Crippen molar-refractivity contribution in [3.63, 3.8) is 0 Å². The lowest BCUT2D eigenvalue weighted by atomic mass is 9.31. The van der Waals surface area contributed by atoms with Gasteiger partial charge in [-0.1, -0.05) is 43.2 Å². The number of amides is 2. The molecule has 9 rings (SSSR count). The van der Waals surface area contributed by atoms with Crippen LogP contribution in [0.4, 0.5) is 42.5 Å². The van der Waals surface area contributed by atoms with Crippen LogP contribution in [0.5, 0.6) is 0 Å². The fourth-order valence-electron chi connectivity index (χ4n) is 11.1. The Morgan fingerprint density at radius 3 is 2.01 bits per heavy atom. The lowest BCUT2D eigenvalue weighted by Crippen LogP contribution is -2.69. The largest absolute Gasteiger partial charge is 0.501 e. The number of benzene rings is 3. The molecule has 2 N–H and O–H groups in total. The predicted octanol–water partition coefficient (Wildman–Crippen LogP) is 9.98. The molecule has 3 aromatic rings. The Morgan fingerprint density at radius 1 is 0.797 bits per heavy atom. The number of allylic oxidation sites excluding steroid dienone is 1. The molecule has 406 valence electrons. The van der Waals surface area contributed by atoms with E-state index in [9.17, 15) is 52.8 Å². The number of carbonyl (C=O) groups excluding carboxylic acids is 2. The zero-order valence-electron chi connectivity index (χ0n) is 42.4. The van der Waals surface area contributed by atoms with Crippen LogP contribution in [0.1, 0.15) is 89.9 Å². The number of alkyl halides is 6. The molecule has 2 aliphatic heterocycles. The Bertz CT molecular complexity index is 2790. The second-order valence-corrected chi connectivity index (χ2v) is 27.1. The molecule has 2 heterocycles. The van der Waals surface area contributed by atoms with Crippen LogP contribution in [0.15, 0.2) is 98.6 Å². The van der Waals surface area contributed by atoms with Crippen molar-refractivity contribution >= 4 is 55.0 Å². The quantitative estimate of drug-likeness (QED) is 0.0799. The summed E-state index contributed by atoms with van der Waals surface area (Å²) in [4.78, 5) is 32.9. The number of nitrogens with zero attached hydrogens (tertiary/aromatic N) is 4. The maximum absolute atomic E-state index is 14.3. The highest BCUT2D eigenvalue weighted by atomic mass is 32.2. The van der Waals surface area contributed by atoms with Gasteiger partial charge in [0.2, 0.25) is 0 Å². The number of hydrogen-bond acceptors (Lipinski definition) is 12. The lowest BCUT2D eigenvalue weighted by Gasteiger charge is -2.72. The number of piperazine rings is 2. The monoisotopic (exact) mass is 1100 g/mol. The fourth-order valence-corrected chi connectivity index (χ4v) is 14.1. The van der Waals surface area contributed by atoms with Crippen molar-refractivity contribution in [1.82, 2.24) is 19.4 Å². The summed E-state index contributed by atoms with van der Waals surface area (Å²) in [5.74, 6) is -0.796. The van der Waals surface area contributed by atoms with Crippen LogP contribution in [0.25, 0.3) is 0 Å². The van der Waals surface area contributed by atoms with E-state index in [0.29, 0.717) is 77.9 Å². The van der Waals surface area contributed by atoms with Crippen LogP contribution in [0.3, 0.4) is 0 Å². The van der Waals surface area contributed by atoms with Crippen LogP contribution < -0.4 is 14.9 Å². The Kier molecular flexibility index (Phi) is 15.7. The third-order valence-corrected chi connectivity index (χ3v) is 19.2. The van der Waals surface area contributed by atoms with E-state index < -0.39 is 76.1 Å². The number of rotatable bonds is 16. The molecule has 74 heavy (non-hydrogen) atoms. The summed E-state index contributed by atoms with van der Waals surface area (Å²) in [6.07, 6.45) is -0.997. The summed E-state index contributed by atoms with van der Waals surface area (Å²) < 4.78 is 145. The normalized spacial score (nSPS) is 23.4. The Hall–Kier alpha value is -4.51. The summed E-state index contributed by atoms with van der Waals surface area (Å²) in [5.41, 5.74) is -5.51. The fraction of sp³-hybridized carbons (Fsp3) is 0.577. The van der Waals surface area contributed by atoms with E-state index in [1.165, 1.54) is 35.0 Å². The molecule has 2 saturated heterocycles. The first-order chi connectivity index (χ1) is 34.5. The molecule has 3 aromatic carbocycles. The van der Waals surface area contributed by atoms with Gasteiger partial charge in [0.1, 0.15) is 10.5 Å². The van der Waals surface area contributed by atoms with Crippen LogP contribution in [-0.4, -0.2) is 138 Å². The van der Waals surface area contributed by atoms with Crippen LogP contribution in [-0.2, 0) is 24.6 Å². The van der Waals surface area contributed by atoms with Crippen molar-refractivity contribution in [3.05, 3.63) is 89.5 Å². The zero-order valence-corrected chi connectivity index (χ0v) is 44.8. The molecule has 0 unspecified atom stereocenters. The number of nitrogens with one attached hydrogen (secondary N) is 2. The van der Waals surface area contributed by atoms with Crippen LogP contribution >= 0.6 is 11.8 Å². The van der Waals surface area contributed by atoms with E-state index in [4.69, 9.17) is 4.74 Å². The number of carbonyl (C=O) groups is 2. The number of thioether (sulfide) groups is 1. The van der Waals surface area contributed by atoms with E-state index in [2.05, 4.69) is 33.9 Å². The smallest absolute Gasteiger partial charge is 0.444 e. The molecule has 1 atom stereocenters. The van der Waals surface area contributed by atoms with Crippen LogP contribution in [0, 0.1) is 16.2 Å². The summed E-state index contributed by atoms with van der Waals surface area (Å²) in [6, 6.07) is 17.1. The molecule has 5 fully saturated rings. The van der Waals surface area contributed by atoms with Crippen molar-refractivity contribution in [2.24, 2.45) is 16.2 Å². The highest BCUT2D eigenvalue weighted by Crippen LogP contribution is 2.82. The molecule has 0 radical (unpaired) electrons. The van der Waals surface area contributed by atoms with Crippen LogP contribution in [0.2, 0.25) is 0 Å². The summed E-state index contributed by atoms with van der Waals surface area (Å²) in [6.45, 7) is 15.3. The van der Waals surface area contributed by atoms with Gasteiger partial charge in [-0.15, -0.1) is 11.8 Å². The van der Waals surface area contributed by atoms with Gasteiger partial charge in [0, 0.05) is 93.4 Å². The molecule has 6 aliphatic rings. The van der Waals surface area contributed by atoms with Crippen molar-refractivity contribution in [1.29, 1.82) is 0 Å². The van der Waals surface area contributed by atoms with Gasteiger partial charge in [-0.25, -0.2) is 26.4 Å². The number of hydrogen-bond donors (Lipinski definition) is 2. The molecule has 0 aromatic heterocycles. The average molecular weight is 1100 g/mol. The van der Waals surface area contributed by atoms with Gasteiger partial charge in [0.25, 0.3) is 25.8 Å². The Morgan fingerprint density at radius 2 is 1.42 bits per heavy atom. The standard InChI is InChI=1S/C52H66F6N6O7S3/c1-47(2,3)71-46(66)64-27-21-61(22-28-64)20-18-38(32-72-40-9-7-6-8-10-40)59-43-16-15-41(29-44(43)73(67,68)52(56,57)58)74(69,70)60-45(65)36-11-13-39(14-12-36)63-25-23-62(24-26-63)31-37-17-19-48(4,5)30-42(37)49-33-50(34-49,35-49)51(53,54)55/h6-16,29,38,59H,17-28,30-35H2,1-5H3,(H,60,65)/t38-,49?,50?/m1/s1. The first-order valence-corrected chi connectivity index (χ1v) is 29.0. The van der Waals surface area contributed by atoms with E-state index in [1.807, 2.05) is 35.1 Å². The van der Waals surface area contributed by atoms with Crippen molar-refractivity contribution < 1.29 is 57.5 Å². The SMILES string of the molecule is CC1(C)CCC(CN2CCN(c3ccc(C(=O)NS(=O)(=O)c4ccc(N[C@H](CCN5CCN(C(=O)OC(C)(C)C)CC5)CSc5ccccc5)c(S(=O)(=O)C(F)(F)F)c4)cc3)CC2)=C(C23CC(C(F)(F)F)(C2)C3)C1. The summed E-state index contributed by atoms with van der Waals surface area (Å²) in [5, 5.41) is 2.97. The van der Waals surface area contributed by atoms with Gasteiger partial charge in [0.15, 0.2) is 0 Å². The molecular weight excluding hydrogens is 1030 g/mol. The van der Waals surface area contributed by atoms with Gasteiger partial charge in [-0.3, -0.25) is 14.6 Å². The maximum atomic E-state index is 14.3. The zero-order chi connectivity index (χ0) is 53.7. The van der Waals surface area contributed by atoms with Gasteiger partial charge in [0.05, 0.1) is 16.0 Å². The Balaban J connectivity index is 0.910. The summed E-state index contributed by atoms with van der Waals surface area (Å²) in [7, 11) is -11.1. The highest BCUT2D eigenvalue weighted by molar-refractivity contribution is 7.99. The number of halogens is 6. The molecular formula is C52H66F6N6O7S3. The van der Waals surface area contributed by atoms with Gasteiger partial charge < -0.3 is 19.9 Å². The number of ether oxygens (including phenoxy) is 1. The minimum absolute atomic E-state index is 0.0403. The third-order valence-electron chi connectivity index (χ3n) is 15.2. The van der Waals surface area contributed by atoms with Gasteiger partial charge in [-0.05, 0) is 131 Å². The van der Waals surface area contributed by atoms with E-state index in [1.54, 1.807) is 37.8 Å². The maximum Gasteiger partial charge on any atom is 0.501 e. The lowest BCUT2D eigenvalue weighted by molar-refractivity contribution is -0.353. The van der Waals surface area contributed by atoms with Crippen molar-refractivity contribution in [2.75, 3.05) is 81.4 Å². The average Bonchev–Trinajstić information content (AvgIpc) is 3.29. The van der Waals surface area contributed by atoms with Gasteiger partial charge in [-0.2, -0.15) is 26.3 Å². The molecule has 3 saturated carbocycles. The highest BCUT2D eigenvalue weighted by Gasteiger charge is 2.79. The van der Waals surface area contributed by atoms with E-state index in [-0.39, 0.29) is 41.4 Å². The molecule has 4 aliphatic carbocycles. The third kappa shape index (κ3) is 12.3. The second kappa shape index (κ2) is 20.8. The van der Waals surface area contributed by atoms with Gasteiger partial charge >= 0.3 is 17.8 Å². The molecule has 2 bridgehead atoms. The number of anilines is 2. The number of sulfone groups is 1. The Labute approximate surface area is 434 Å². The minimum Gasteiger partial charge on any atom is -0.444 e. The molecule has 13 nitrogen and oxygen atoms in total. The molecule has 2 amide bonds.